The first kappa shape index (κ1) is 15.5. The quantitative estimate of drug-likeness (QED) is 0.837. The van der Waals surface area contributed by atoms with Gasteiger partial charge >= 0.3 is 0 Å². The van der Waals surface area contributed by atoms with Gasteiger partial charge in [0.2, 0.25) is 11.8 Å². The van der Waals surface area contributed by atoms with Gasteiger partial charge in [-0.25, -0.2) is 0 Å². The van der Waals surface area contributed by atoms with E-state index in [1.807, 2.05) is 25.1 Å². The van der Waals surface area contributed by atoms with Crippen LogP contribution in [-0.2, 0) is 16.0 Å². The van der Waals surface area contributed by atoms with Gasteiger partial charge in [0.25, 0.3) is 0 Å². The lowest BCUT2D eigenvalue weighted by Gasteiger charge is -2.13. The minimum Gasteiger partial charge on any atom is -0.355 e. The maximum absolute atomic E-state index is 11.7. The predicted octanol–water partition coefficient (Wildman–Crippen LogP) is 1.91. The minimum absolute atomic E-state index is 0.140. The first-order valence-electron chi connectivity index (χ1n) is 6.34. The molecule has 0 aliphatic carbocycles. The van der Waals surface area contributed by atoms with Crippen molar-refractivity contribution in [1.29, 1.82) is 0 Å². The molecular weight excluding hydrogens is 264 g/mol. The Balaban J connectivity index is 2.37. The van der Waals surface area contributed by atoms with Crippen LogP contribution in [0.25, 0.3) is 0 Å². The highest BCUT2D eigenvalue weighted by molar-refractivity contribution is 6.30. The van der Waals surface area contributed by atoms with E-state index < -0.39 is 6.04 Å². The molecule has 0 aliphatic rings. The molecule has 2 N–H and O–H groups in total. The molecular formula is C14H19ClN2O2. The standard InChI is InChI=1S/C14H19ClN2O2/c1-3-16-14(19)10(2)17-13(18)8-7-11-5-4-6-12(15)9-11/h4-6,9-10H,3,7-8H2,1-2H3,(H,16,19)(H,17,18). The summed E-state index contributed by atoms with van der Waals surface area (Å²) < 4.78 is 0. The van der Waals surface area contributed by atoms with Crippen molar-refractivity contribution in [3.05, 3.63) is 34.9 Å². The van der Waals surface area contributed by atoms with Crippen LogP contribution in [0.3, 0.4) is 0 Å². The van der Waals surface area contributed by atoms with Crippen molar-refractivity contribution in [2.45, 2.75) is 32.7 Å². The van der Waals surface area contributed by atoms with Crippen molar-refractivity contribution in [3.8, 4) is 0 Å². The largest absolute Gasteiger partial charge is 0.355 e. The maximum atomic E-state index is 11.7. The molecule has 0 aromatic heterocycles. The average molecular weight is 283 g/mol. The summed E-state index contributed by atoms with van der Waals surface area (Å²) in [4.78, 5) is 23.2. The van der Waals surface area contributed by atoms with E-state index in [0.717, 1.165) is 5.56 Å². The molecule has 0 saturated carbocycles. The number of likely N-dealkylation sites (N-methyl/N-ethyl adjacent to an activating group) is 1. The maximum Gasteiger partial charge on any atom is 0.242 e. The molecule has 2 amide bonds. The Bertz CT molecular complexity index is 449. The molecule has 19 heavy (non-hydrogen) atoms. The summed E-state index contributed by atoms with van der Waals surface area (Å²) in [5.41, 5.74) is 1.01. The summed E-state index contributed by atoms with van der Waals surface area (Å²) >= 11 is 5.87. The highest BCUT2D eigenvalue weighted by Crippen LogP contribution is 2.12. The fraction of sp³-hybridized carbons (Fsp3) is 0.429. The number of nitrogens with one attached hydrogen (secondary N) is 2. The first-order valence-corrected chi connectivity index (χ1v) is 6.72. The number of amides is 2. The fourth-order valence-electron chi connectivity index (χ4n) is 1.66. The number of aryl methyl sites for hydroxylation is 1. The molecule has 0 fully saturated rings. The topological polar surface area (TPSA) is 58.2 Å². The summed E-state index contributed by atoms with van der Waals surface area (Å²) in [5, 5.41) is 5.99. The number of hydrogen-bond donors (Lipinski definition) is 2. The summed E-state index contributed by atoms with van der Waals surface area (Å²) in [6.45, 7) is 4.06. The monoisotopic (exact) mass is 282 g/mol. The molecule has 0 bridgehead atoms. The number of hydrogen-bond acceptors (Lipinski definition) is 2. The molecule has 1 atom stereocenters. The van der Waals surface area contributed by atoms with Crippen LogP contribution in [0.15, 0.2) is 24.3 Å². The lowest BCUT2D eigenvalue weighted by molar-refractivity contribution is -0.128. The van der Waals surface area contributed by atoms with Crippen LogP contribution >= 0.6 is 11.6 Å². The molecule has 1 aromatic rings. The summed E-state index contributed by atoms with van der Waals surface area (Å²) in [6, 6.07) is 6.90. The van der Waals surface area contributed by atoms with E-state index in [-0.39, 0.29) is 11.8 Å². The predicted molar refractivity (Wildman–Crippen MR) is 76.1 cm³/mol. The third-order valence-electron chi connectivity index (χ3n) is 2.65. The third kappa shape index (κ3) is 5.75. The molecule has 0 aliphatic heterocycles. The number of benzene rings is 1. The van der Waals surface area contributed by atoms with Crippen LogP contribution in [0.2, 0.25) is 5.02 Å². The van der Waals surface area contributed by atoms with Crippen LogP contribution in [0.1, 0.15) is 25.8 Å². The zero-order valence-electron chi connectivity index (χ0n) is 11.2. The summed E-state index contributed by atoms with van der Waals surface area (Å²) in [6.07, 6.45) is 0.943. The van der Waals surface area contributed by atoms with Crippen molar-refractivity contribution in [2.24, 2.45) is 0 Å². The second-order valence-corrected chi connectivity index (χ2v) is 4.75. The summed E-state index contributed by atoms with van der Waals surface area (Å²) in [5.74, 6) is -0.308. The number of carbonyl (C=O) groups is 2. The molecule has 0 radical (unpaired) electrons. The average Bonchev–Trinajstić information content (AvgIpc) is 2.36. The van der Waals surface area contributed by atoms with Gasteiger partial charge in [-0.3, -0.25) is 9.59 Å². The second kappa shape index (κ2) is 7.79. The molecule has 0 spiro atoms. The van der Waals surface area contributed by atoms with Gasteiger partial charge in [0.15, 0.2) is 0 Å². The first-order chi connectivity index (χ1) is 9.02. The fourth-order valence-corrected chi connectivity index (χ4v) is 1.87. The normalized spacial score (nSPS) is 11.7. The lowest BCUT2D eigenvalue weighted by atomic mass is 10.1. The molecule has 4 nitrogen and oxygen atoms in total. The number of carbonyl (C=O) groups excluding carboxylic acids is 2. The number of halogens is 1. The van der Waals surface area contributed by atoms with Crippen molar-refractivity contribution in [1.82, 2.24) is 10.6 Å². The zero-order valence-corrected chi connectivity index (χ0v) is 12.0. The molecule has 1 rings (SSSR count). The van der Waals surface area contributed by atoms with Gasteiger partial charge in [-0.05, 0) is 38.0 Å². The minimum atomic E-state index is -0.508. The highest BCUT2D eigenvalue weighted by atomic mass is 35.5. The van der Waals surface area contributed by atoms with E-state index >= 15 is 0 Å². The van der Waals surface area contributed by atoms with E-state index in [2.05, 4.69) is 10.6 Å². The van der Waals surface area contributed by atoms with Crippen molar-refractivity contribution < 1.29 is 9.59 Å². The van der Waals surface area contributed by atoms with Gasteiger partial charge in [0.1, 0.15) is 6.04 Å². The van der Waals surface area contributed by atoms with E-state index in [1.165, 1.54) is 0 Å². The van der Waals surface area contributed by atoms with Crippen LogP contribution in [-0.4, -0.2) is 24.4 Å². The molecule has 0 saturated heterocycles. The SMILES string of the molecule is CCNC(=O)C(C)NC(=O)CCc1cccc(Cl)c1. The zero-order chi connectivity index (χ0) is 14.3. The Morgan fingerprint density at radius 2 is 2.11 bits per heavy atom. The van der Waals surface area contributed by atoms with Crippen LogP contribution < -0.4 is 10.6 Å². The smallest absolute Gasteiger partial charge is 0.242 e. The van der Waals surface area contributed by atoms with Crippen LogP contribution in [0.5, 0.6) is 0 Å². The molecule has 5 heteroatoms. The van der Waals surface area contributed by atoms with E-state index in [0.29, 0.717) is 24.4 Å². The van der Waals surface area contributed by atoms with Gasteiger partial charge in [-0.2, -0.15) is 0 Å². The Hall–Kier alpha value is -1.55. The second-order valence-electron chi connectivity index (χ2n) is 4.31. The van der Waals surface area contributed by atoms with Crippen molar-refractivity contribution in [3.63, 3.8) is 0 Å². The lowest BCUT2D eigenvalue weighted by Crippen LogP contribution is -2.44. The van der Waals surface area contributed by atoms with Gasteiger partial charge in [0, 0.05) is 18.0 Å². The molecule has 0 heterocycles. The van der Waals surface area contributed by atoms with Gasteiger partial charge in [0.05, 0.1) is 0 Å². The van der Waals surface area contributed by atoms with Crippen LogP contribution in [0, 0.1) is 0 Å². The van der Waals surface area contributed by atoms with E-state index in [1.54, 1.807) is 13.0 Å². The number of rotatable bonds is 6. The van der Waals surface area contributed by atoms with Crippen LogP contribution in [0.4, 0.5) is 0 Å². The Morgan fingerprint density at radius 1 is 1.37 bits per heavy atom. The Kier molecular flexibility index (Phi) is 6.36. The van der Waals surface area contributed by atoms with Crippen molar-refractivity contribution >= 4 is 23.4 Å². The Morgan fingerprint density at radius 3 is 2.74 bits per heavy atom. The van der Waals surface area contributed by atoms with Gasteiger partial charge in [-0.15, -0.1) is 0 Å². The van der Waals surface area contributed by atoms with E-state index in [4.69, 9.17) is 11.6 Å². The Labute approximate surface area is 118 Å². The highest BCUT2D eigenvalue weighted by Gasteiger charge is 2.14. The molecule has 1 unspecified atom stereocenters. The van der Waals surface area contributed by atoms with E-state index in [9.17, 15) is 9.59 Å². The molecule has 104 valence electrons. The molecule has 1 aromatic carbocycles. The van der Waals surface area contributed by atoms with Gasteiger partial charge < -0.3 is 10.6 Å². The van der Waals surface area contributed by atoms with Crippen molar-refractivity contribution in [2.75, 3.05) is 6.54 Å². The third-order valence-corrected chi connectivity index (χ3v) is 2.89. The van der Waals surface area contributed by atoms with Gasteiger partial charge in [-0.1, -0.05) is 23.7 Å². The summed E-state index contributed by atoms with van der Waals surface area (Å²) in [7, 11) is 0.